The normalized spacial score (nSPS) is 24.0. The molecular formula is C13H23N3O2. The third-order valence-electron chi connectivity index (χ3n) is 3.46. The van der Waals surface area contributed by atoms with Crippen LogP contribution in [0.3, 0.4) is 0 Å². The lowest BCUT2D eigenvalue weighted by atomic mass is 10.0. The molecule has 1 atom stereocenters. The molecule has 0 saturated carbocycles. The van der Waals surface area contributed by atoms with Gasteiger partial charge < -0.3 is 14.8 Å². The van der Waals surface area contributed by atoms with Crippen LogP contribution in [0.4, 0.5) is 0 Å². The van der Waals surface area contributed by atoms with Crippen LogP contribution in [0.5, 0.6) is 0 Å². The van der Waals surface area contributed by atoms with Gasteiger partial charge >= 0.3 is 0 Å². The van der Waals surface area contributed by atoms with Crippen molar-refractivity contribution >= 4 is 0 Å². The van der Waals surface area contributed by atoms with Crippen LogP contribution in [0.2, 0.25) is 0 Å². The zero-order chi connectivity index (χ0) is 13.0. The summed E-state index contributed by atoms with van der Waals surface area (Å²) in [4.78, 5) is 0. The molecule has 1 aliphatic rings. The molecule has 1 fully saturated rings. The SMILES string of the molecule is COC1(CNCc2cnn(C(C)C)c2)CCOC1. The standard InChI is InChI=1S/C13H23N3O2/c1-11(2)16-8-12(7-15-16)6-14-9-13(17-3)4-5-18-10-13/h7-8,11,14H,4-6,9-10H2,1-3H3. The van der Waals surface area contributed by atoms with Crippen molar-refractivity contribution in [2.45, 2.75) is 38.5 Å². The van der Waals surface area contributed by atoms with Crippen molar-refractivity contribution < 1.29 is 9.47 Å². The Morgan fingerprint density at radius 2 is 2.44 bits per heavy atom. The third-order valence-corrected chi connectivity index (χ3v) is 3.46. The fraction of sp³-hybridized carbons (Fsp3) is 0.769. The first-order valence-electron chi connectivity index (χ1n) is 6.52. The van der Waals surface area contributed by atoms with E-state index in [1.807, 2.05) is 10.9 Å². The van der Waals surface area contributed by atoms with Gasteiger partial charge in [-0.2, -0.15) is 5.10 Å². The molecule has 2 rings (SSSR count). The van der Waals surface area contributed by atoms with Gasteiger partial charge in [0.15, 0.2) is 0 Å². The molecule has 5 nitrogen and oxygen atoms in total. The molecule has 5 heteroatoms. The van der Waals surface area contributed by atoms with Crippen molar-refractivity contribution in [3.8, 4) is 0 Å². The van der Waals surface area contributed by atoms with Crippen LogP contribution in [-0.4, -0.2) is 42.2 Å². The van der Waals surface area contributed by atoms with Crippen molar-refractivity contribution in [2.24, 2.45) is 0 Å². The van der Waals surface area contributed by atoms with Gasteiger partial charge in [-0.15, -0.1) is 0 Å². The summed E-state index contributed by atoms with van der Waals surface area (Å²) in [5.41, 5.74) is 1.06. The maximum atomic E-state index is 5.57. The maximum absolute atomic E-state index is 5.57. The number of hydrogen-bond acceptors (Lipinski definition) is 4. The van der Waals surface area contributed by atoms with Gasteiger partial charge in [0.2, 0.25) is 0 Å². The van der Waals surface area contributed by atoms with Crippen LogP contribution in [0.25, 0.3) is 0 Å². The number of hydrogen-bond donors (Lipinski definition) is 1. The van der Waals surface area contributed by atoms with Crippen LogP contribution in [0.15, 0.2) is 12.4 Å². The van der Waals surface area contributed by atoms with Gasteiger partial charge in [-0.3, -0.25) is 4.68 Å². The summed E-state index contributed by atoms with van der Waals surface area (Å²) in [5, 5.41) is 7.75. The number of aromatic nitrogens is 2. The van der Waals surface area contributed by atoms with Gasteiger partial charge in [-0.25, -0.2) is 0 Å². The zero-order valence-electron chi connectivity index (χ0n) is 11.5. The minimum atomic E-state index is -0.145. The highest BCUT2D eigenvalue weighted by Crippen LogP contribution is 2.21. The lowest BCUT2D eigenvalue weighted by Crippen LogP contribution is -2.42. The highest BCUT2D eigenvalue weighted by atomic mass is 16.5. The first-order valence-corrected chi connectivity index (χ1v) is 6.52. The molecule has 0 amide bonds. The second-order valence-electron chi connectivity index (χ2n) is 5.22. The van der Waals surface area contributed by atoms with Crippen molar-refractivity contribution in [3.63, 3.8) is 0 Å². The Kier molecular flexibility index (Phi) is 4.37. The van der Waals surface area contributed by atoms with Crippen molar-refractivity contribution in [1.82, 2.24) is 15.1 Å². The molecule has 18 heavy (non-hydrogen) atoms. The molecule has 102 valence electrons. The van der Waals surface area contributed by atoms with Crippen LogP contribution in [-0.2, 0) is 16.0 Å². The minimum Gasteiger partial charge on any atom is -0.378 e. The van der Waals surface area contributed by atoms with Gasteiger partial charge in [0.1, 0.15) is 5.60 Å². The summed E-state index contributed by atoms with van der Waals surface area (Å²) in [6, 6.07) is 0.410. The summed E-state index contributed by atoms with van der Waals surface area (Å²) in [6.07, 6.45) is 4.96. The second kappa shape index (κ2) is 5.82. The Hall–Kier alpha value is -0.910. The topological polar surface area (TPSA) is 48.3 Å². The van der Waals surface area contributed by atoms with E-state index in [2.05, 4.69) is 30.5 Å². The largest absolute Gasteiger partial charge is 0.378 e. The molecule has 1 saturated heterocycles. The number of nitrogens with one attached hydrogen (secondary N) is 1. The van der Waals surface area contributed by atoms with Gasteiger partial charge in [0, 0.05) is 51.0 Å². The zero-order valence-corrected chi connectivity index (χ0v) is 11.5. The van der Waals surface area contributed by atoms with Gasteiger partial charge in [-0.1, -0.05) is 0 Å². The Morgan fingerprint density at radius 3 is 3.00 bits per heavy atom. The lowest BCUT2D eigenvalue weighted by molar-refractivity contribution is -0.0159. The number of nitrogens with zero attached hydrogens (tertiary/aromatic N) is 2. The monoisotopic (exact) mass is 253 g/mol. The molecule has 1 aromatic heterocycles. The van der Waals surface area contributed by atoms with E-state index in [0.717, 1.165) is 26.1 Å². The summed E-state index contributed by atoms with van der Waals surface area (Å²) in [5.74, 6) is 0. The van der Waals surface area contributed by atoms with Crippen molar-refractivity contribution in [3.05, 3.63) is 18.0 Å². The van der Waals surface area contributed by atoms with E-state index in [1.165, 1.54) is 5.56 Å². The average molecular weight is 253 g/mol. The number of methoxy groups -OCH3 is 1. The molecule has 0 bridgehead atoms. The fourth-order valence-electron chi connectivity index (χ4n) is 2.15. The Bertz CT molecular complexity index is 370. The Labute approximate surface area is 108 Å². The molecule has 1 unspecified atom stereocenters. The van der Waals surface area contributed by atoms with Gasteiger partial charge in [0.05, 0.1) is 12.8 Å². The van der Waals surface area contributed by atoms with Crippen LogP contribution in [0, 0.1) is 0 Å². The average Bonchev–Trinajstić information content (AvgIpc) is 2.98. The predicted molar refractivity (Wildman–Crippen MR) is 69.5 cm³/mol. The summed E-state index contributed by atoms with van der Waals surface area (Å²) in [7, 11) is 1.76. The van der Waals surface area contributed by atoms with E-state index in [-0.39, 0.29) is 5.60 Å². The van der Waals surface area contributed by atoms with Gasteiger partial charge in [-0.05, 0) is 13.8 Å². The smallest absolute Gasteiger partial charge is 0.106 e. The number of rotatable bonds is 6. The number of ether oxygens (including phenoxy) is 2. The quantitative estimate of drug-likeness (QED) is 0.831. The van der Waals surface area contributed by atoms with E-state index in [1.54, 1.807) is 7.11 Å². The molecule has 0 aromatic carbocycles. The van der Waals surface area contributed by atoms with E-state index in [0.29, 0.717) is 12.6 Å². The Morgan fingerprint density at radius 1 is 1.61 bits per heavy atom. The third kappa shape index (κ3) is 3.10. The molecular weight excluding hydrogens is 230 g/mol. The predicted octanol–water partition coefficient (Wildman–Crippen LogP) is 1.36. The molecule has 2 heterocycles. The van der Waals surface area contributed by atoms with Gasteiger partial charge in [0.25, 0.3) is 0 Å². The van der Waals surface area contributed by atoms with Crippen LogP contribution < -0.4 is 5.32 Å². The highest BCUT2D eigenvalue weighted by molar-refractivity contribution is 5.04. The van der Waals surface area contributed by atoms with E-state index >= 15 is 0 Å². The fourth-order valence-corrected chi connectivity index (χ4v) is 2.15. The Balaban J connectivity index is 1.80. The van der Waals surface area contributed by atoms with Crippen LogP contribution >= 0.6 is 0 Å². The molecule has 0 radical (unpaired) electrons. The molecule has 1 aliphatic heterocycles. The van der Waals surface area contributed by atoms with E-state index in [4.69, 9.17) is 9.47 Å². The summed E-state index contributed by atoms with van der Waals surface area (Å²) < 4.78 is 13.0. The molecule has 0 aliphatic carbocycles. The van der Waals surface area contributed by atoms with Crippen LogP contribution in [0.1, 0.15) is 31.9 Å². The maximum Gasteiger partial charge on any atom is 0.106 e. The van der Waals surface area contributed by atoms with Crippen molar-refractivity contribution in [2.75, 3.05) is 26.9 Å². The lowest BCUT2D eigenvalue weighted by Gasteiger charge is -2.25. The molecule has 0 spiro atoms. The first-order chi connectivity index (χ1) is 8.65. The molecule has 1 N–H and O–H groups in total. The summed E-state index contributed by atoms with van der Waals surface area (Å²) >= 11 is 0. The first kappa shape index (κ1) is 13.5. The minimum absolute atomic E-state index is 0.145. The summed E-state index contributed by atoms with van der Waals surface area (Å²) in [6.45, 7) is 7.36. The molecule has 1 aromatic rings. The highest BCUT2D eigenvalue weighted by Gasteiger charge is 2.34. The second-order valence-corrected chi connectivity index (χ2v) is 5.22. The van der Waals surface area contributed by atoms with Crippen molar-refractivity contribution in [1.29, 1.82) is 0 Å². The van der Waals surface area contributed by atoms with E-state index < -0.39 is 0 Å². The van der Waals surface area contributed by atoms with E-state index in [9.17, 15) is 0 Å².